The molecule has 0 aromatic carbocycles. The Morgan fingerprint density at radius 3 is 2.65 bits per heavy atom. The topological polar surface area (TPSA) is 73.4 Å². The fraction of sp³-hybridized carbons (Fsp3) is 0.714. The molecule has 2 rings (SSSR count). The van der Waals surface area contributed by atoms with Crippen LogP contribution < -0.4 is 5.73 Å². The monoisotopic (exact) mass is 280 g/mol. The predicted molar refractivity (Wildman–Crippen MR) is 77.1 cm³/mol. The van der Waals surface area contributed by atoms with E-state index in [-0.39, 0.29) is 6.09 Å². The fourth-order valence-corrected chi connectivity index (χ4v) is 2.58. The molecule has 6 heteroatoms. The number of likely N-dealkylation sites (tertiary alicyclic amines) is 1. The molecular formula is C14H24N4O2. The van der Waals surface area contributed by atoms with Gasteiger partial charge in [0, 0.05) is 19.7 Å². The van der Waals surface area contributed by atoms with Crippen molar-refractivity contribution in [2.45, 2.75) is 51.7 Å². The maximum atomic E-state index is 12.4. The Morgan fingerprint density at radius 1 is 1.50 bits per heavy atom. The summed E-state index contributed by atoms with van der Waals surface area (Å²) in [6.45, 7) is 8.32. The number of ether oxygens (including phenoxy) is 1. The van der Waals surface area contributed by atoms with Crippen LogP contribution in [0.5, 0.6) is 0 Å². The normalized spacial score (nSPS) is 23.1. The average molecular weight is 280 g/mol. The highest BCUT2D eigenvalue weighted by Crippen LogP contribution is 2.39. The Balaban J connectivity index is 2.27. The molecule has 20 heavy (non-hydrogen) atoms. The number of nitrogens with zero attached hydrogens (tertiary/aromatic N) is 3. The Hall–Kier alpha value is -1.72. The molecule has 1 saturated heterocycles. The number of amides is 1. The molecular weight excluding hydrogens is 256 g/mol. The second-order valence-corrected chi connectivity index (χ2v) is 6.59. The van der Waals surface area contributed by atoms with Crippen molar-refractivity contribution in [3.8, 4) is 0 Å². The number of carbonyl (C=O) groups excluding carboxylic acids is 1. The number of nitrogens with two attached hydrogens (primary N) is 1. The molecule has 1 unspecified atom stereocenters. The van der Waals surface area contributed by atoms with E-state index in [1.54, 1.807) is 16.6 Å². The second kappa shape index (κ2) is 4.68. The maximum Gasteiger partial charge on any atom is 0.411 e. The molecule has 112 valence electrons. The van der Waals surface area contributed by atoms with Gasteiger partial charge in [0.15, 0.2) is 0 Å². The number of rotatable bonds is 1. The molecule has 1 aliphatic rings. The third kappa shape index (κ3) is 2.59. The van der Waals surface area contributed by atoms with Gasteiger partial charge < -0.3 is 10.5 Å². The molecule has 1 fully saturated rings. The Bertz CT molecular complexity index is 498. The van der Waals surface area contributed by atoms with Crippen LogP contribution in [0.15, 0.2) is 6.07 Å². The van der Waals surface area contributed by atoms with Crippen LogP contribution in [0.4, 0.5) is 10.6 Å². The van der Waals surface area contributed by atoms with Gasteiger partial charge in [0.2, 0.25) is 0 Å². The highest BCUT2D eigenvalue weighted by Gasteiger charge is 2.44. The van der Waals surface area contributed by atoms with Crippen LogP contribution in [0.25, 0.3) is 0 Å². The lowest BCUT2D eigenvalue weighted by molar-refractivity contribution is 0.00919. The van der Waals surface area contributed by atoms with Crippen molar-refractivity contribution >= 4 is 11.9 Å². The lowest BCUT2D eigenvalue weighted by Crippen LogP contribution is -2.45. The molecule has 1 amide bonds. The van der Waals surface area contributed by atoms with Crippen molar-refractivity contribution in [2.24, 2.45) is 7.05 Å². The number of hydrogen-bond acceptors (Lipinski definition) is 4. The van der Waals surface area contributed by atoms with Crippen molar-refractivity contribution in [3.05, 3.63) is 11.8 Å². The molecule has 1 aliphatic heterocycles. The number of aromatic nitrogens is 2. The highest BCUT2D eigenvalue weighted by molar-refractivity contribution is 5.70. The molecule has 0 saturated carbocycles. The average Bonchev–Trinajstić information content (AvgIpc) is 2.82. The largest absolute Gasteiger partial charge is 0.444 e. The fourth-order valence-electron chi connectivity index (χ4n) is 2.58. The predicted octanol–water partition coefficient (Wildman–Crippen LogP) is 2.25. The molecule has 0 spiro atoms. The van der Waals surface area contributed by atoms with Gasteiger partial charge >= 0.3 is 6.09 Å². The van der Waals surface area contributed by atoms with E-state index in [9.17, 15) is 4.79 Å². The number of hydrogen-bond donors (Lipinski definition) is 1. The zero-order chi connectivity index (χ0) is 15.1. The van der Waals surface area contributed by atoms with E-state index in [4.69, 9.17) is 10.5 Å². The van der Waals surface area contributed by atoms with E-state index < -0.39 is 11.1 Å². The summed E-state index contributed by atoms with van der Waals surface area (Å²) in [6, 6.07) is 1.84. The molecule has 2 N–H and O–H groups in total. The van der Waals surface area contributed by atoms with E-state index in [1.165, 1.54) is 0 Å². The molecule has 0 bridgehead atoms. The summed E-state index contributed by atoms with van der Waals surface area (Å²) >= 11 is 0. The molecule has 6 nitrogen and oxygen atoms in total. The van der Waals surface area contributed by atoms with Crippen molar-refractivity contribution in [1.29, 1.82) is 0 Å². The zero-order valence-electron chi connectivity index (χ0n) is 12.9. The van der Waals surface area contributed by atoms with E-state index in [2.05, 4.69) is 5.10 Å². The van der Waals surface area contributed by atoms with Crippen LogP contribution in [0, 0.1) is 0 Å². The molecule has 1 aromatic rings. The first-order valence-electron chi connectivity index (χ1n) is 6.94. The summed E-state index contributed by atoms with van der Waals surface area (Å²) in [6.07, 6.45) is 1.51. The summed E-state index contributed by atoms with van der Waals surface area (Å²) in [7, 11) is 1.80. The van der Waals surface area contributed by atoms with Crippen LogP contribution in [-0.4, -0.2) is 32.9 Å². The first-order chi connectivity index (χ1) is 9.13. The van der Waals surface area contributed by atoms with Crippen LogP contribution in [-0.2, 0) is 17.3 Å². The number of aryl methyl sites for hydroxylation is 1. The third-order valence-corrected chi connectivity index (χ3v) is 3.72. The standard InChI is InChI=1S/C14H24N4O2/c1-13(2,3)20-12(19)18-8-6-7-14(18,4)10-9-11(15)17(5)16-10/h9H,6-8,15H2,1-5H3. The van der Waals surface area contributed by atoms with E-state index in [0.29, 0.717) is 12.4 Å². The summed E-state index contributed by atoms with van der Waals surface area (Å²) in [5.74, 6) is 0.595. The Kier molecular flexibility index (Phi) is 3.44. The highest BCUT2D eigenvalue weighted by atomic mass is 16.6. The number of nitrogen functional groups attached to an aromatic ring is 1. The molecule has 0 aliphatic carbocycles. The van der Waals surface area contributed by atoms with Crippen LogP contribution in [0.2, 0.25) is 0 Å². The van der Waals surface area contributed by atoms with Gasteiger partial charge in [-0.3, -0.25) is 9.58 Å². The number of carbonyl (C=O) groups is 1. The van der Waals surface area contributed by atoms with Crippen LogP contribution >= 0.6 is 0 Å². The van der Waals surface area contributed by atoms with Crippen LogP contribution in [0.3, 0.4) is 0 Å². The van der Waals surface area contributed by atoms with E-state index in [1.807, 2.05) is 33.8 Å². The number of anilines is 1. The first kappa shape index (κ1) is 14.7. The molecule has 1 aromatic heterocycles. The van der Waals surface area contributed by atoms with Gasteiger partial charge in [-0.2, -0.15) is 5.10 Å². The summed E-state index contributed by atoms with van der Waals surface area (Å²) < 4.78 is 7.13. The van der Waals surface area contributed by atoms with Gasteiger partial charge in [0.25, 0.3) is 0 Å². The van der Waals surface area contributed by atoms with E-state index >= 15 is 0 Å². The summed E-state index contributed by atoms with van der Waals surface area (Å²) in [4.78, 5) is 14.1. The zero-order valence-corrected chi connectivity index (χ0v) is 12.9. The van der Waals surface area contributed by atoms with Gasteiger partial charge in [0.05, 0.1) is 11.2 Å². The minimum absolute atomic E-state index is 0.290. The summed E-state index contributed by atoms with van der Waals surface area (Å²) in [5.41, 5.74) is 5.73. The minimum atomic E-state index is -0.496. The quantitative estimate of drug-likeness (QED) is 0.856. The van der Waals surface area contributed by atoms with Crippen molar-refractivity contribution in [1.82, 2.24) is 14.7 Å². The van der Waals surface area contributed by atoms with Gasteiger partial charge in [-0.05, 0) is 40.5 Å². The Labute approximate surface area is 119 Å². The lowest BCUT2D eigenvalue weighted by Gasteiger charge is -2.35. The van der Waals surface area contributed by atoms with Crippen molar-refractivity contribution in [3.63, 3.8) is 0 Å². The third-order valence-electron chi connectivity index (χ3n) is 3.72. The maximum absolute atomic E-state index is 12.4. The van der Waals surface area contributed by atoms with Crippen molar-refractivity contribution in [2.75, 3.05) is 12.3 Å². The lowest BCUT2D eigenvalue weighted by atomic mass is 9.95. The van der Waals surface area contributed by atoms with Gasteiger partial charge in [-0.1, -0.05) is 0 Å². The minimum Gasteiger partial charge on any atom is -0.444 e. The second-order valence-electron chi connectivity index (χ2n) is 6.59. The Morgan fingerprint density at radius 2 is 2.15 bits per heavy atom. The van der Waals surface area contributed by atoms with Crippen LogP contribution in [0.1, 0.15) is 46.2 Å². The summed E-state index contributed by atoms with van der Waals surface area (Å²) in [5, 5.41) is 4.44. The molecule has 1 atom stereocenters. The molecule has 0 radical (unpaired) electrons. The van der Waals surface area contributed by atoms with Crippen molar-refractivity contribution < 1.29 is 9.53 Å². The first-order valence-corrected chi connectivity index (χ1v) is 6.94. The smallest absolute Gasteiger partial charge is 0.411 e. The van der Waals surface area contributed by atoms with Gasteiger partial charge in [-0.25, -0.2) is 4.79 Å². The van der Waals surface area contributed by atoms with Gasteiger partial charge in [0.1, 0.15) is 11.4 Å². The van der Waals surface area contributed by atoms with E-state index in [0.717, 1.165) is 18.5 Å². The molecule has 2 heterocycles. The van der Waals surface area contributed by atoms with Gasteiger partial charge in [-0.15, -0.1) is 0 Å². The SMILES string of the molecule is Cn1nc(C2(C)CCCN2C(=O)OC(C)(C)C)cc1N.